The van der Waals surface area contributed by atoms with E-state index in [1.165, 1.54) is 18.4 Å². The minimum absolute atomic E-state index is 0.110. The minimum atomic E-state index is -0.719. The van der Waals surface area contributed by atoms with Gasteiger partial charge in [-0.15, -0.1) is 0 Å². The minimum Gasteiger partial charge on any atom is -0.342 e. The fraction of sp³-hybridized carbons (Fsp3) is 0.727. The summed E-state index contributed by atoms with van der Waals surface area (Å²) in [4.78, 5) is 24.1. The third-order valence-electron chi connectivity index (χ3n) is 6.74. The first-order valence-electron chi connectivity index (χ1n) is 11.0. The Morgan fingerprint density at radius 3 is 2.57 bits per heavy atom. The molecule has 3 fully saturated rings. The zero-order chi connectivity index (χ0) is 19.3. The van der Waals surface area contributed by atoms with Gasteiger partial charge in [0.15, 0.2) is 0 Å². The maximum atomic E-state index is 13.4. The molecule has 0 N–H and O–H groups in total. The molecule has 1 atom stereocenters. The lowest BCUT2D eigenvalue weighted by Gasteiger charge is -2.43. The number of pyridine rings is 1. The van der Waals surface area contributed by atoms with Gasteiger partial charge in [-0.1, -0.05) is 6.07 Å². The van der Waals surface area contributed by atoms with Gasteiger partial charge in [0.2, 0.25) is 5.91 Å². The highest BCUT2D eigenvalue weighted by molar-refractivity contribution is 5.79. The van der Waals surface area contributed by atoms with Gasteiger partial charge in [-0.2, -0.15) is 0 Å². The number of piperidine rings is 3. The highest BCUT2D eigenvalue weighted by Crippen LogP contribution is 2.26. The SMILES string of the molecule is O=C([C@@H]1CCCN(C2CCN(Cc3cccnc3)CC2)C1)N1CCC(F)CC1. The lowest BCUT2D eigenvalue weighted by Crippen LogP contribution is -2.52. The highest BCUT2D eigenvalue weighted by atomic mass is 19.1. The summed E-state index contributed by atoms with van der Waals surface area (Å²) < 4.78 is 13.4. The van der Waals surface area contributed by atoms with Gasteiger partial charge in [0.25, 0.3) is 0 Å². The van der Waals surface area contributed by atoms with Crippen molar-refractivity contribution in [3.8, 4) is 0 Å². The van der Waals surface area contributed by atoms with Gasteiger partial charge in [0, 0.05) is 44.6 Å². The van der Waals surface area contributed by atoms with Gasteiger partial charge in [-0.05, 0) is 69.8 Å². The third-order valence-corrected chi connectivity index (χ3v) is 6.74. The Morgan fingerprint density at radius 1 is 1.07 bits per heavy atom. The van der Waals surface area contributed by atoms with Crippen LogP contribution in [0.2, 0.25) is 0 Å². The zero-order valence-electron chi connectivity index (χ0n) is 16.8. The summed E-state index contributed by atoms with van der Waals surface area (Å²) in [6, 6.07) is 4.74. The molecular formula is C22H33FN4O. The lowest BCUT2D eigenvalue weighted by atomic mass is 9.92. The largest absolute Gasteiger partial charge is 0.342 e. The summed E-state index contributed by atoms with van der Waals surface area (Å²) >= 11 is 0. The maximum Gasteiger partial charge on any atom is 0.226 e. The van der Waals surface area contributed by atoms with Crippen molar-refractivity contribution in [3.63, 3.8) is 0 Å². The molecule has 0 aliphatic carbocycles. The van der Waals surface area contributed by atoms with Crippen LogP contribution >= 0.6 is 0 Å². The van der Waals surface area contributed by atoms with Crippen LogP contribution in [0.3, 0.4) is 0 Å². The van der Waals surface area contributed by atoms with Crippen molar-refractivity contribution < 1.29 is 9.18 Å². The number of alkyl halides is 1. The van der Waals surface area contributed by atoms with E-state index in [0.29, 0.717) is 32.0 Å². The number of carbonyl (C=O) groups is 1. The van der Waals surface area contributed by atoms with Crippen molar-refractivity contribution in [2.24, 2.45) is 5.92 Å². The molecular weight excluding hydrogens is 355 g/mol. The molecule has 6 heteroatoms. The predicted molar refractivity (Wildman–Crippen MR) is 108 cm³/mol. The van der Waals surface area contributed by atoms with E-state index < -0.39 is 6.17 Å². The van der Waals surface area contributed by atoms with Crippen LogP contribution in [0.15, 0.2) is 24.5 Å². The van der Waals surface area contributed by atoms with Gasteiger partial charge >= 0.3 is 0 Å². The average molecular weight is 389 g/mol. The second-order valence-corrected chi connectivity index (χ2v) is 8.70. The van der Waals surface area contributed by atoms with Crippen LogP contribution in [0, 0.1) is 5.92 Å². The van der Waals surface area contributed by atoms with Crippen LogP contribution < -0.4 is 0 Å². The van der Waals surface area contributed by atoms with Crippen LogP contribution in [0.25, 0.3) is 0 Å². The van der Waals surface area contributed by atoms with Crippen molar-refractivity contribution in [2.45, 2.75) is 57.3 Å². The van der Waals surface area contributed by atoms with Crippen molar-refractivity contribution in [1.29, 1.82) is 0 Å². The van der Waals surface area contributed by atoms with Crippen LogP contribution in [-0.2, 0) is 11.3 Å². The number of carbonyl (C=O) groups excluding carboxylic acids is 1. The van der Waals surface area contributed by atoms with Crippen LogP contribution in [0.5, 0.6) is 0 Å². The summed E-state index contributed by atoms with van der Waals surface area (Å²) in [6.45, 7) is 6.40. The first-order valence-corrected chi connectivity index (χ1v) is 11.0. The number of hydrogen-bond acceptors (Lipinski definition) is 4. The normalized spacial score (nSPS) is 26.5. The Hall–Kier alpha value is -1.53. The zero-order valence-corrected chi connectivity index (χ0v) is 16.8. The number of rotatable bonds is 4. The fourth-order valence-corrected chi connectivity index (χ4v) is 5.06. The van der Waals surface area contributed by atoms with Crippen LogP contribution in [0.4, 0.5) is 4.39 Å². The van der Waals surface area contributed by atoms with E-state index in [9.17, 15) is 9.18 Å². The van der Waals surface area contributed by atoms with Gasteiger partial charge in [0.1, 0.15) is 6.17 Å². The number of aromatic nitrogens is 1. The molecule has 4 heterocycles. The molecule has 0 saturated carbocycles. The van der Waals surface area contributed by atoms with Gasteiger partial charge < -0.3 is 4.90 Å². The van der Waals surface area contributed by atoms with Crippen LogP contribution in [-0.4, -0.2) is 77.1 Å². The predicted octanol–water partition coefficient (Wildman–Crippen LogP) is 2.72. The van der Waals surface area contributed by atoms with E-state index in [2.05, 4.69) is 20.9 Å². The van der Waals surface area contributed by atoms with E-state index in [-0.39, 0.29) is 11.8 Å². The number of nitrogens with zero attached hydrogens (tertiary/aromatic N) is 4. The maximum absolute atomic E-state index is 13.4. The number of likely N-dealkylation sites (tertiary alicyclic amines) is 3. The number of hydrogen-bond donors (Lipinski definition) is 0. The molecule has 1 aromatic heterocycles. The van der Waals surface area contributed by atoms with E-state index in [1.54, 1.807) is 0 Å². The summed E-state index contributed by atoms with van der Waals surface area (Å²) in [6.07, 6.45) is 8.53. The molecule has 0 unspecified atom stereocenters. The van der Waals surface area contributed by atoms with Gasteiger partial charge in [0.05, 0.1) is 5.92 Å². The Morgan fingerprint density at radius 2 is 1.86 bits per heavy atom. The molecule has 1 aromatic rings. The number of amides is 1. The van der Waals surface area contributed by atoms with E-state index in [1.807, 2.05) is 23.4 Å². The fourth-order valence-electron chi connectivity index (χ4n) is 5.06. The topological polar surface area (TPSA) is 39.7 Å². The van der Waals surface area contributed by atoms with Gasteiger partial charge in [-0.3, -0.25) is 19.6 Å². The first kappa shape index (κ1) is 19.8. The quantitative estimate of drug-likeness (QED) is 0.795. The molecule has 0 radical (unpaired) electrons. The Kier molecular flexibility index (Phi) is 6.58. The van der Waals surface area contributed by atoms with Crippen LogP contribution in [0.1, 0.15) is 44.1 Å². The van der Waals surface area contributed by atoms with Crippen molar-refractivity contribution >= 4 is 5.91 Å². The molecule has 154 valence electrons. The number of halogens is 1. The molecule has 28 heavy (non-hydrogen) atoms. The molecule has 3 aliphatic heterocycles. The molecule has 5 nitrogen and oxygen atoms in total. The Balaban J connectivity index is 1.25. The molecule has 0 bridgehead atoms. The smallest absolute Gasteiger partial charge is 0.226 e. The molecule has 3 aliphatic rings. The molecule has 3 saturated heterocycles. The Labute approximate surface area is 167 Å². The van der Waals surface area contributed by atoms with Crippen molar-refractivity contribution in [3.05, 3.63) is 30.1 Å². The van der Waals surface area contributed by atoms with Crippen molar-refractivity contribution in [2.75, 3.05) is 39.3 Å². The second kappa shape index (κ2) is 9.31. The Bertz CT molecular complexity index is 627. The molecule has 0 spiro atoms. The van der Waals surface area contributed by atoms with E-state index in [4.69, 9.17) is 0 Å². The second-order valence-electron chi connectivity index (χ2n) is 8.70. The summed E-state index contributed by atoms with van der Waals surface area (Å²) in [5.41, 5.74) is 1.28. The average Bonchev–Trinajstić information content (AvgIpc) is 2.75. The molecule has 4 rings (SSSR count). The summed E-state index contributed by atoms with van der Waals surface area (Å²) in [5.74, 6) is 0.379. The standard InChI is InChI=1S/C22H33FN4O/c23-20-5-13-26(14-6-20)22(28)19-4-2-10-27(17-19)21-7-11-25(12-8-21)16-18-3-1-9-24-15-18/h1,3,9,15,19-21H,2,4-8,10-14,16-17H2/t19-/m1/s1. The third kappa shape index (κ3) is 4.90. The molecule has 1 amide bonds. The van der Waals surface area contributed by atoms with Crippen molar-refractivity contribution in [1.82, 2.24) is 19.7 Å². The highest BCUT2D eigenvalue weighted by Gasteiger charge is 2.34. The summed E-state index contributed by atoms with van der Waals surface area (Å²) in [7, 11) is 0. The van der Waals surface area contributed by atoms with E-state index >= 15 is 0 Å². The lowest BCUT2D eigenvalue weighted by molar-refractivity contribution is -0.139. The van der Waals surface area contributed by atoms with E-state index in [0.717, 1.165) is 45.6 Å². The molecule has 0 aromatic carbocycles. The van der Waals surface area contributed by atoms with Gasteiger partial charge in [-0.25, -0.2) is 4.39 Å². The summed E-state index contributed by atoms with van der Waals surface area (Å²) in [5, 5.41) is 0. The monoisotopic (exact) mass is 388 g/mol. The first-order chi connectivity index (χ1) is 13.7.